The molecule has 1 aromatic rings. The Bertz CT molecular complexity index is 216. The number of hydrogen-bond donors (Lipinski definition) is 1. The maximum absolute atomic E-state index is 8.00. The monoisotopic (exact) mass is 289 g/mol. The summed E-state index contributed by atoms with van der Waals surface area (Å²) < 4.78 is 64.0. The first-order chi connectivity index (χ1) is 8.47. The van der Waals surface area contributed by atoms with Crippen molar-refractivity contribution in [2.24, 2.45) is 0 Å². The van der Waals surface area contributed by atoms with Crippen LogP contribution in [-0.4, -0.2) is 5.88 Å². The van der Waals surface area contributed by atoms with E-state index in [1.807, 2.05) is 11.8 Å². The average molecular weight is 289 g/mol. The zero-order valence-corrected chi connectivity index (χ0v) is 8.76. The van der Waals surface area contributed by atoms with E-state index in [4.69, 9.17) is 36.6 Å². The van der Waals surface area contributed by atoms with Crippen LogP contribution in [0.2, 0.25) is 0 Å². The van der Waals surface area contributed by atoms with E-state index in [1.54, 1.807) is 0 Å². The minimum absolute atomic E-state index is 1.03. The Hall–Kier alpha value is -1.19. The molecule has 0 radical (unpaired) electrons. The molecule has 0 saturated heterocycles. The second-order valence-electron chi connectivity index (χ2n) is 1.96. The smallest absolute Gasteiger partial charge is 0.0658 e. The molecule has 10 heteroatoms. The first-order valence-corrected chi connectivity index (χ1v) is 4.48. The number of nitrogens with one attached hydrogen (secondary N) is 1. The number of benzene rings is 1. The van der Waals surface area contributed by atoms with Gasteiger partial charge in [0, 0.05) is 47.2 Å². The largest absolute Gasteiger partial charge is 0.375 e. The van der Waals surface area contributed by atoms with Gasteiger partial charge in [0.15, 0.2) is 0 Å². The minimum atomic E-state index is 1.03. The predicted octanol–water partition coefficient (Wildman–Crippen LogP) is 5.52. The molecule has 0 saturated carbocycles. The van der Waals surface area contributed by atoms with Crippen molar-refractivity contribution in [3.8, 4) is 0 Å². The van der Waals surface area contributed by atoms with Crippen molar-refractivity contribution in [1.82, 2.24) is 0 Å². The molecule has 0 unspecified atom stereocenters. The maximum Gasteiger partial charge on any atom is 0.0658 e. The molecule has 0 atom stereocenters. The van der Waals surface area contributed by atoms with Crippen LogP contribution in [-0.2, 0) is 0 Å². The molecule has 1 nitrogen and oxygen atoms in total. The van der Waals surface area contributed by atoms with Crippen molar-refractivity contribution in [2.75, 3.05) is 11.2 Å². The predicted molar refractivity (Wildman–Crippen MR) is 49.7 cm³/mol. The van der Waals surface area contributed by atoms with E-state index in [9.17, 15) is 0 Å². The van der Waals surface area contributed by atoms with E-state index < -0.39 is 0 Å². The molecule has 102 valence electrons. The first-order valence-electron chi connectivity index (χ1n) is 3.50. The molecule has 1 heterocycles. The highest BCUT2D eigenvalue weighted by molar-refractivity contribution is 7.99. The Labute approximate surface area is 95.3 Å². The van der Waals surface area contributed by atoms with Gasteiger partial charge in [-0.05, 0) is 12.1 Å². The van der Waals surface area contributed by atoms with Crippen molar-refractivity contribution in [1.29, 1.82) is 0 Å². The molecule has 0 amide bonds. The van der Waals surface area contributed by atoms with Crippen molar-refractivity contribution in [3.63, 3.8) is 0 Å². The van der Waals surface area contributed by atoms with E-state index in [1.165, 1.54) is 10.6 Å². The third-order valence-corrected chi connectivity index (χ3v) is 2.33. The third-order valence-electron chi connectivity index (χ3n) is 1.38. The van der Waals surface area contributed by atoms with E-state index in [0.29, 0.717) is 0 Å². The van der Waals surface area contributed by atoms with Crippen LogP contribution in [0.1, 0.15) is 0 Å². The van der Waals surface area contributed by atoms with Crippen molar-refractivity contribution >= 4 is 17.4 Å². The summed E-state index contributed by atoms with van der Waals surface area (Å²) in [5.41, 5.74) is 1.28. The molecular weight excluding hydrogens is 282 g/mol. The lowest BCUT2D eigenvalue weighted by Crippen LogP contribution is -1.86. The van der Waals surface area contributed by atoms with Crippen LogP contribution >= 0.6 is 11.8 Å². The lowest BCUT2D eigenvalue weighted by atomic mass is 10.3. The molecular formula is C7H7F8NS. The van der Waals surface area contributed by atoms with Gasteiger partial charge in [-0.15, -0.1) is 11.8 Å². The van der Waals surface area contributed by atoms with E-state index >= 15 is 0 Å². The fraction of sp³-hybridized carbons (Fsp3) is 0.143. The fourth-order valence-electron chi connectivity index (χ4n) is 0.930. The fourth-order valence-corrected chi connectivity index (χ4v) is 1.78. The van der Waals surface area contributed by atoms with Crippen molar-refractivity contribution in [2.45, 2.75) is 4.90 Å². The van der Waals surface area contributed by atoms with E-state index in [-0.39, 0.29) is 0 Å². The average Bonchev–Trinajstić information content (AvgIpc) is 2.96. The molecule has 0 bridgehead atoms. The Morgan fingerprint density at radius 1 is 0.824 bits per heavy atom. The highest BCUT2D eigenvalue weighted by Crippen LogP contribution is 2.32. The zero-order chi connectivity index (χ0) is 14.1. The third kappa shape index (κ3) is 9.72. The number of hydrogen-bond acceptors (Lipinski definition) is 2. The van der Waals surface area contributed by atoms with Crippen molar-refractivity contribution in [3.05, 3.63) is 24.3 Å². The lowest BCUT2D eigenvalue weighted by Gasteiger charge is -1.92. The second kappa shape index (κ2) is 20.3. The van der Waals surface area contributed by atoms with Crippen LogP contribution in [0.15, 0.2) is 29.2 Å². The first kappa shape index (κ1) is 21.1. The summed E-state index contributed by atoms with van der Waals surface area (Å²) in [6.07, 6.45) is 0. The van der Waals surface area contributed by atoms with Gasteiger partial charge in [0.1, 0.15) is 0 Å². The highest BCUT2D eigenvalue weighted by atomic mass is 32.2. The summed E-state index contributed by atoms with van der Waals surface area (Å²) in [6.45, 7) is 0. The van der Waals surface area contributed by atoms with Crippen LogP contribution in [0.3, 0.4) is 0 Å². The highest BCUT2D eigenvalue weighted by Gasteiger charge is 2.06. The van der Waals surface area contributed by atoms with Gasteiger partial charge in [-0.25, -0.2) is 0 Å². The topological polar surface area (TPSA) is 12.0 Å². The van der Waals surface area contributed by atoms with Gasteiger partial charge >= 0.3 is 0 Å². The van der Waals surface area contributed by atoms with Gasteiger partial charge in [0.25, 0.3) is 0 Å². The minimum Gasteiger partial charge on any atom is -0.375 e. The molecule has 1 aromatic carbocycles. The van der Waals surface area contributed by atoms with Gasteiger partial charge in [-0.3, -0.25) is 0 Å². The normalized spacial score (nSPS) is 9.18. The summed E-state index contributed by atoms with van der Waals surface area (Å²) in [5, 5.41) is 3.26. The summed E-state index contributed by atoms with van der Waals surface area (Å²) in [4.78, 5) is 1.37. The number of rotatable bonds is 0. The molecule has 1 aliphatic rings. The quantitative estimate of drug-likeness (QED) is 0.631. The maximum atomic E-state index is 8.00. The Balaban J connectivity index is -0.000000212. The number of thioether (sulfide) groups is 1. The summed E-state index contributed by atoms with van der Waals surface area (Å²) >= 11 is 1.86. The lowest BCUT2D eigenvalue weighted by molar-refractivity contribution is 0.108. The van der Waals surface area contributed by atoms with E-state index in [0.717, 1.165) is 5.88 Å². The number of para-hydroxylation sites is 1. The second-order valence-corrected chi connectivity index (χ2v) is 2.98. The molecule has 0 aliphatic carbocycles. The molecule has 1 N–H and O–H groups in total. The Morgan fingerprint density at radius 2 is 1.29 bits per heavy atom. The molecule has 2 rings (SSSR count). The van der Waals surface area contributed by atoms with Gasteiger partial charge < -0.3 is 5.32 Å². The van der Waals surface area contributed by atoms with Crippen LogP contribution in [0.4, 0.5) is 42.3 Å². The van der Waals surface area contributed by atoms with Gasteiger partial charge in [0.2, 0.25) is 0 Å². The summed E-state index contributed by atoms with van der Waals surface area (Å²) in [7, 11) is 0. The van der Waals surface area contributed by atoms with Crippen molar-refractivity contribution < 1.29 is 36.6 Å². The molecule has 17 heavy (non-hydrogen) atoms. The SMILES string of the molecule is FF.FF.FF.FF.c1ccc2c(c1)NCS2. The Kier molecular flexibility index (Phi) is 25.2. The number of fused-ring (bicyclic) bond motifs is 1. The summed E-state index contributed by atoms with van der Waals surface area (Å²) in [5.74, 6) is 1.03. The van der Waals surface area contributed by atoms with Crippen LogP contribution in [0.25, 0.3) is 0 Å². The standard InChI is InChI=1S/C7H7NS.4F2/c1-2-4-7-6(3-1)8-5-9-7;4*1-2/h1-4,8H,5H2;;;;. The van der Waals surface area contributed by atoms with Crippen LogP contribution < -0.4 is 5.32 Å². The van der Waals surface area contributed by atoms with E-state index in [2.05, 4.69) is 29.6 Å². The zero-order valence-electron chi connectivity index (χ0n) is 7.95. The van der Waals surface area contributed by atoms with Crippen LogP contribution in [0.5, 0.6) is 0 Å². The van der Waals surface area contributed by atoms with Gasteiger partial charge in [-0.1, -0.05) is 12.1 Å². The summed E-state index contributed by atoms with van der Waals surface area (Å²) in [6, 6.07) is 8.37. The van der Waals surface area contributed by atoms with Gasteiger partial charge in [0.05, 0.1) is 5.88 Å². The number of halogens is 8. The number of anilines is 1. The molecule has 1 aliphatic heterocycles. The molecule has 0 spiro atoms. The van der Waals surface area contributed by atoms with Gasteiger partial charge in [-0.2, -0.15) is 0 Å². The molecule has 0 aromatic heterocycles. The molecule has 0 fully saturated rings. The van der Waals surface area contributed by atoms with Crippen LogP contribution in [0, 0.1) is 0 Å². The Morgan fingerprint density at radius 3 is 1.76 bits per heavy atom.